The number of rotatable bonds is 2. The van der Waals surface area contributed by atoms with Crippen LogP contribution in [-0.2, 0) is 0 Å². The first-order valence-electron chi connectivity index (χ1n) is 5.04. The van der Waals surface area contributed by atoms with E-state index in [1.807, 2.05) is 35.7 Å². The summed E-state index contributed by atoms with van der Waals surface area (Å²) in [6.45, 7) is 0. The Bertz CT molecular complexity index is 471. The molecule has 3 heteroatoms. The van der Waals surface area contributed by atoms with Crippen LogP contribution < -0.4 is 0 Å². The van der Waals surface area contributed by atoms with E-state index < -0.39 is 0 Å². The van der Waals surface area contributed by atoms with Gasteiger partial charge in [0.05, 0.1) is 0 Å². The zero-order valence-corrected chi connectivity index (χ0v) is 10.1. The number of amides is 1. The van der Waals surface area contributed by atoms with Crippen molar-refractivity contribution in [1.82, 2.24) is 4.90 Å². The van der Waals surface area contributed by atoms with Crippen molar-refractivity contribution in [3.05, 3.63) is 47.3 Å². The number of hydrogen-bond acceptors (Lipinski definition) is 2. The van der Waals surface area contributed by atoms with Gasteiger partial charge >= 0.3 is 0 Å². The highest BCUT2D eigenvalue weighted by molar-refractivity contribution is 7.13. The minimum atomic E-state index is 0.0396. The molecule has 0 saturated heterocycles. The van der Waals surface area contributed by atoms with Crippen molar-refractivity contribution in [2.75, 3.05) is 14.1 Å². The standard InChI is InChI=1S/C13H13NOS/c1-14(2)13(15)11-7-5-10(6-8-11)12-4-3-9-16-12/h3-9H,1-2H3. The molecule has 1 amide bonds. The van der Waals surface area contributed by atoms with E-state index in [0.29, 0.717) is 0 Å². The molecule has 2 aromatic rings. The Morgan fingerprint density at radius 2 is 1.81 bits per heavy atom. The molecule has 0 aliphatic rings. The summed E-state index contributed by atoms with van der Waals surface area (Å²) in [6.07, 6.45) is 0. The Morgan fingerprint density at radius 1 is 1.12 bits per heavy atom. The predicted octanol–water partition coefficient (Wildman–Crippen LogP) is 3.12. The first kappa shape index (κ1) is 10.9. The molecule has 0 unspecified atom stereocenters. The molecule has 0 saturated carbocycles. The fourth-order valence-corrected chi connectivity index (χ4v) is 2.21. The molecule has 1 aromatic carbocycles. The van der Waals surface area contributed by atoms with Crippen molar-refractivity contribution in [1.29, 1.82) is 0 Å². The fourth-order valence-electron chi connectivity index (χ4n) is 1.48. The smallest absolute Gasteiger partial charge is 0.253 e. The first-order chi connectivity index (χ1) is 7.68. The van der Waals surface area contributed by atoms with Gasteiger partial charge in [0.2, 0.25) is 0 Å². The number of nitrogens with zero attached hydrogens (tertiary/aromatic N) is 1. The van der Waals surface area contributed by atoms with Crippen molar-refractivity contribution >= 4 is 17.2 Å². The van der Waals surface area contributed by atoms with Crippen LogP contribution in [0.5, 0.6) is 0 Å². The molecule has 0 N–H and O–H groups in total. The van der Waals surface area contributed by atoms with E-state index in [1.54, 1.807) is 30.3 Å². The number of thiophene rings is 1. The van der Waals surface area contributed by atoms with Gasteiger partial charge in [-0.15, -0.1) is 11.3 Å². The molecule has 2 rings (SSSR count). The van der Waals surface area contributed by atoms with E-state index in [9.17, 15) is 4.79 Å². The van der Waals surface area contributed by atoms with Gasteiger partial charge in [0.1, 0.15) is 0 Å². The molecular formula is C13H13NOS. The maximum absolute atomic E-state index is 11.7. The molecule has 0 atom stereocenters. The van der Waals surface area contributed by atoms with E-state index in [2.05, 4.69) is 6.07 Å². The van der Waals surface area contributed by atoms with Crippen LogP contribution >= 0.6 is 11.3 Å². The lowest BCUT2D eigenvalue weighted by Gasteiger charge is -2.10. The minimum absolute atomic E-state index is 0.0396. The third-order valence-electron chi connectivity index (χ3n) is 2.34. The molecule has 2 nitrogen and oxygen atoms in total. The van der Waals surface area contributed by atoms with Crippen LogP contribution in [0.4, 0.5) is 0 Å². The Kier molecular flexibility index (Phi) is 3.06. The number of carbonyl (C=O) groups excluding carboxylic acids is 1. The van der Waals surface area contributed by atoms with Crippen LogP contribution in [0.25, 0.3) is 10.4 Å². The maximum Gasteiger partial charge on any atom is 0.253 e. The zero-order valence-electron chi connectivity index (χ0n) is 9.31. The summed E-state index contributed by atoms with van der Waals surface area (Å²) in [5.74, 6) is 0.0396. The summed E-state index contributed by atoms with van der Waals surface area (Å²) >= 11 is 1.70. The van der Waals surface area contributed by atoms with Gasteiger partial charge in [-0.2, -0.15) is 0 Å². The molecule has 16 heavy (non-hydrogen) atoms. The Morgan fingerprint density at radius 3 is 2.31 bits per heavy atom. The average molecular weight is 231 g/mol. The number of carbonyl (C=O) groups is 1. The van der Waals surface area contributed by atoms with Crippen LogP contribution in [-0.4, -0.2) is 24.9 Å². The molecule has 0 aliphatic carbocycles. The minimum Gasteiger partial charge on any atom is -0.345 e. The Balaban J connectivity index is 2.27. The average Bonchev–Trinajstić information content (AvgIpc) is 2.81. The molecule has 0 spiro atoms. The summed E-state index contributed by atoms with van der Waals surface area (Å²) in [5.41, 5.74) is 1.88. The van der Waals surface area contributed by atoms with Gasteiger partial charge in [-0.25, -0.2) is 0 Å². The fraction of sp³-hybridized carbons (Fsp3) is 0.154. The van der Waals surface area contributed by atoms with E-state index in [1.165, 1.54) is 4.88 Å². The highest BCUT2D eigenvalue weighted by Crippen LogP contribution is 2.24. The predicted molar refractivity (Wildman–Crippen MR) is 67.8 cm³/mol. The third kappa shape index (κ3) is 2.14. The van der Waals surface area contributed by atoms with Gasteiger partial charge in [-0.3, -0.25) is 4.79 Å². The molecule has 0 bridgehead atoms. The van der Waals surface area contributed by atoms with E-state index in [4.69, 9.17) is 0 Å². The molecule has 82 valence electrons. The highest BCUT2D eigenvalue weighted by atomic mass is 32.1. The summed E-state index contributed by atoms with van der Waals surface area (Å²) in [6, 6.07) is 11.8. The first-order valence-corrected chi connectivity index (χ1v) is 5.92. The summed E-state index contributed by atoms with van der Waals surface area (Å²) in [7, 11) is 3.52. The molecular weight excluding hydrogens is 218 g/mol. The van der Waals surface area contributed by atoms with Crippen molar-refractivity contribution in [3.63, 3.8) is 0 Å². The second kappa shape index (κ2) is 4.49. The van der Waals surface area contributed by atoms with Gasteiger partial charge in [0, 0.05) is 24.5 Å². The van der Waals surface area contributed by atoms with Crippen LogP contribution in [0, 0.1) is 0 Å². The lowest BCUT2D eigenvalue weighted by molar-refractivity contribution is 0.0827. The van der Waals surface area contributed by atoms with Crippen LogP contribution in [0.15, 0.2) is 41.8 Å². The van der Waals surface area contributed by atoms with E-state index in [-0.39, 0.29) is 5.91 Å². The van der Waals surface area contributed by atoms with Crippen molar-refractivity contribution < 1.29 is 4.79 Å². The quantitative estimate of drug-likeness (QED) is 0.777. The topological polar surface area (TPSA) is 20.3 Å². The maximum atomic E-state index is 11.7. The van der Waals surface area contributed by atoms with Gasteiger partial charge in [0.15, 0.2) is 0 Å². The zero-order chi connectivity index (χ0) is 11.5. The molecule has 1 aromatic heterocycles. The van der Waals surface area contributed by atoms with Crippen LogP contribution in [0.1, 0.15) is 10.4 Å². The van der Waals surface area contributed by atoms with Gasteiger partial charge in [-0.05, 0) is 29.1 Å². The normalized spacial score (nSPS) is 10.1. The lowest BCUT2D eigenvalue weighted by atomic mass is 10.1. The largest absolute Gasteiger partial charge is 0.345 e. The van der Waals surface area contributed by atoms with E-state index in [0.717, 1.165) is 11.1 Å². The molecule has 0 fully saturated rings. The van der Waals surface area contributed by atoms with Crippen LogP contribution in [0.2, 0.25) is 0 Å². The van der Waals surface area contributed by atoms with Gasteiger partial charge in [0.25, 0.3) is 5.91 Å². The second-order valence-electron chi connectivity index (χ2n) is 3.75. The summed E-state index contributed by atoms with van der Waals surface area (Å²) in [5, 5.41) is 2.05. The molecule has 1 heterocycles. The number of hydrogen-bond donors (Lipinski definition) is 0. The van der Waals surface area contributed by atoms with Crippen molar-refractivity contribution in [2.24, 2.45) is 0 Å². The monoisotopic (exact) mass is 231 g/mol. The Labute approximate surface area is 99.1 Å². The van der Waals surface area contributed by atoms with Crippen LogP contribution in [0.3, 0.4) is 0 Å². The van der Waals surface area contributed by atoms with Crippen molar-refractivity contribution in [2.45, 2.75) is 0 Å². The summed E-state index contributed by atoms with van der Waals surface area (Å²) < 4.78 is 0. The summed E-state index contributed by atoms with van der Waals surface area (Å²) in [4.78, 5) is 14.5. The SMILES string of the molecule is CN(C)C(=O)c1ccc(-c2cccs2)cc1. The lowest BCUT2D eigenvalue weighted by Crippen LogP contribution is -2.21. The van der Waals surface area contributed by atoms with Gasteiger partial charge < -0.3 is 4.90 Å². The van der Waals surface area contributed by atoms with E-state index >= 15 is 0 Å². The second-order valence-corrected chi connectivity index (χ2v) is 4.70. The van der Waals surface area contributed by atoms with Crippen molar-refractivity contribution in [3.8, 4) is 10.4 Å². The molecule has 0 radical (unpaired) electrons. The highest BCUT2D eigenvalue weighted by Gasteiger charge is 2.07. The Hall–Kier alpha value is -1.61. The number of benzene rings is 1. The molecule has 0 aliphatic heterocycles. The van der Waals surface area contributed by atoms with Gasteiger partial charge in [-0.1, -0.05) is 18.2 Å². The third-order valence-corrected chi connectivity index (χ3v) is 3.26.